The maximum atomic E-state index is 14.0. The van der Waals surface area contributed by atoms with Gasteiger partial charge in [-0.05, 0) is 43.0 Å². The van der Waals surface area contributed by atoms with Crippen LogP contribution in [-0.2, 0) is 19.7 Å². The van der Waals surface area contributed by atoms with E-state index < -0.39 is 41.5 Å². The average molecular weight is 441 g/mol. The molecule has 0 aromatic heterocycles. The SMILES string of the molecule is C[C@@H]1CCC=C2[C@H]3C=C[C@]21[C@H](S(=O)(=O)c1ccccc1)[C@H]3S(=O)(=O)c1ccccc1. The van der Waals surface area contributed by atoms with E-state index in [0.29, 0.717) is 0 Å². The van der Waals surface area contributed by atoms with Crippen LogP contribution >= 0.6 is 0 Å². The van der Waals surface area contributed by atoms with Crippen molar-refractivity contribution in [3.05, 3.63) is 84.5 Å². The van der Waals surface area contributed by atoms with Gasteiger partial charge in [-0.2, -0.15) is 0 Å². The lowest BCUT2D eigenvalue weighted by atomic mass is 9.68. The van der Waals surface area contributed by atoms with Crippen LogP contribution in [0.3, 0.4) is 0 Å². The molecule has 3 aliphatic rings. The van der Waals surface area contributed by atoms with Gasteiger partial charge in [0, 0.05) is 11.3 Å². The summed E-state index contributed by atoms with van der Waals surface area (Å²) >= 11 is 0. The third-order valence-corrected chi connectivity index (χ3v) is 11.8. The minimum absolute atomic E-state index is 0.0539. The number of hydrogen-bond acceptors (Lipinski definition) is 4. The highest BCUT2D eigenvalue weighted by atomic mass is 32.2. The second kappa shape index (κ2) is 6.66. The van der Waals surface area contributed by atoms with Gasteiger partial charge >= 0.3 is 0 Å². The van der Waals surface area contributed by atoms with Gasteiger partial charge in [-0.1, -0.05) is 67.1 Å². The lowest BCUT2D eigenvalue weighted by Crippen LogP contribution is -2.50. The Kier molecular flexibility index (Phi) is 4.39. The fourth-order valence-corrected chi connectivity index (χ4v) is 11.1. The van der Waals surface area contributed by atoms with Crippen molar-refractivity contribution in [3.63, 3.8) is 0 Å². The zero-order chi connectivity index (χ0) is 21.1. The molecule has 1 fully saturated rings. The molecule has 0 unspecified atom stereocenters. The molecule has 0 aliphatic heterocycles. The molecule has 6 heteroatoms. The van der Waals surface area contributed by atoms with Crippen molar-refractivity contribution < 1.29 is 16.8 Å². The van der Waals surface area contributed by atoms with Gasteiger partial charge in [0.25, 0.3) is 0 Å². The minimum atomic E-state index is -3.89. The van der Waals surface area contributed by atoms with Crippen LogP contribution < -0.4 is 0 Å². The molecule has 4 nitrogen and oxygen atoms in total. The highest BCUT2D eigenvalue weighted by molar-refractivity contribution is 7.96. The third kappa shape index (κ3) is 2.50. The molecular formula is C24H24O4S2. The predicted molar refractivity (Wildman–Crippen MR) is 116 cm³/mol. The first-order valence-corrected chi connectivity index (χ1v) is 13.4. The van der Waals surface area contributed by atoms with Gasteiger partial charge in [0.1, 0.15) is 0 Å². The van der Waals surface area contributed by atoms with Gasteiger partial charge in [-0.15, -0.1) is 0 Å². The van der Waals surface area contributed by atoms with E-state index in [4.69, 9.17) is 0 Å². The van der Waals surface area contributed by atoms with Gasteiger partial charge in [0.05, 0.1) is 20.3 Å². The standard InChI is InChI=1S/C24H24O4S2/c1-17-9-8-14-21-20-15-16-24(17,21)23(30(27,28)19-12-6-3-7-13-19)22(20)29(25,26)18-10-4-2-5-11-18/h2-7,10-17,20,22-23H,8-9H2,1H3/t17-,20-,22+,23-,24-/m1/s1. The van der Waals surface area contributed by atoms with Crippen molar-refractivity contribution in [3.8, 4) is 0 Å². The molecule has 156 valence electrons. The number of benzene rings is 2. The number of sulfone groups is 2. The largest absolute Gasteiger partial charge is 0.223 e. The van der Waals surface area contributed by atoms with Gasteiger partial charge in [-0.25, -0.2) is 16.8 Å². The van der Waals surface area contributed by atoms with Crippen molar-refractivity contribution in [1.82, 2.24) is 0 Å². The predicted octanol–water partition coefficient (Wildman–Crippen LogP) is 4.21. The Labute approximate surface area is 178 Å². The van der Waals surface area contributed by atoms with Crippen LogP contribution in [0.5, 0.6) is 0 Å². The molecule has 0 heterocycles. The molecule has 0 spiro atoms. The smallest absolute Gasteiger partial charge is 0.183 e. The fraction of sp³-hybridized carbons (Fsp3) is 0.333. The normalized spacial score (nSPS) is 32.6. The number of allylic oxidation sites excluding steroid dienone is 4. The molecule has 2 aromatic rings. The molecule has 30 heavy (non-hydrogen) atoms. The maximum absolute atomic E-state index is 14.0. The van der Waals surface area contributed by atoms with E-state index in [1.807, 2.05) is 12.2 Å². The summed E-state index contributed by atoms with van der Waals surface area (Å²) in [6.45, 7) is 2.06. The molecule has 2 bridgehead atoms. The summed E-state index contributed by atoms with van der Waals surface area (Å²) < 4.78 is 55.6. The molecule has 5 rings (SSSR count). The Morgan fingerprint density at radius 3 is 2.00 bits per heavy atom. The van der Waals surface area contributed by atoms with Gasteiger partial charge in [0.2, 0.25) is 0 Å². The van der Waals surface area contributed by atoms with Crippen LogP contribution in [0.15, 0.2) is 94.3 Å². The quantitative estimate of drug-likeness (QED) is 0.668. The number of hydrogen-bond donors (Lipinski definition) is 0. The van der Waals surface area contributed by atoms with Crippen LogP contribution in [-0.4, -0.2) is 27.3 Å². The van der Waals surface area contributed by atoms with E-state index in [-0.39, 0.29) is 15.7 Å². The highest BCUT2D eigenvalue weighted by Gasteiger charge is 2.68. The Hall–Kier alpha value is -2.18. The zero-order valence-corrected chi connectivity index (χ0v) is 18.3. The highest BCUT2D eigenvalue weighted by Crippen LogP contribution is 2.65. The summed E-state index contributed by atoms with van der Waals surface area (Å²) in [4.78, 5) is 0.376. The molecule has 0 saturated heterocycles. The van der Waals surface area contributed by atoms with Crippen LogP contribution in [0, 0.1) is 17.3 Å². The Morgan fingerprint density at radius 2 is 1.40 bits per heavy atom. The van der Waals surface area contributed by atoms with Crippen molar-refractivity contribution in [2.75, 3.05) is 0 Å². The fourth-order valence-electron chi connectivity index (χ4n) is 5.84. The lowest BCUT2D eigenvalue weighted by Gasteiger charge is -2.42. The van der Waals surface area contributed by atoms with Gasteiger partial charge in [-0.3, -0.25) is 0 Å². The summed E-state index contributed by atoms with van der Waals surface area (Å²) in [7, 11) is -7.76. The molecule has 0 amide bonds. The van der Waals surface area contributed by atoms with Gasteiger partial charge < -0.3 is 0 Å². The second-order valence-corrected chi connectivity index (χ2v) is 12.7. The van der Waals surface area contributed by atoms with Crippen molar-refractivity contribution in [2.24, 2.45) is 17.3 Å². The maximum Gasteiger partial charge on any atom is 0.183 e. The Morgan fingerprint density at radius 1 is 0.833 bits per heavy atom. The van der Waals surface area contributed by atoms with E-state index in [1.54, 1.807) is 60.7 Å². The lowest BCUT2D eigenvalue weighted by molar-refractivity contribution is 0.281. The number of rotatable bonds is 4. The van der Waals surface area contributed by atoms with Crippen molar-refractivity contribution in [1.29, 1.82) is 0 Å². The van der Waals surface area contributed by atoms with Crippen LogP contribution in [0.2, 0.25) is 0 Å². The summed E-state index contributed by atoms with van der Waals surface area (Å²) in [6.07, 6.45) is 7.73. The molecule has 5 atom stereocenters. The molecule has 1 saturated carbocycles. The average Bonchev–Trinajstić information content (AvgIpc) is 3.29. The first kappa shape index (κ1) is 19.8. The van der Waals surface area contributed by atoms with Crippen LogP contribution in [0.25, 0.3) is 0 Å². The summed E-state index contributed by atoms with van der Waals surface area (Å²) in [5, 5.41) is -2.06. The summed E-state index contributed by atoms with van der Waals surface area (Å²) in [5.74, 6) is -0.348. The molecule has 3 aliphatic carbocycles. The Balaban J connectivity index is 1.78. The van der Waals surface area contributed by atoms with E-state index in [9.17, 15) is 16.8 Å². The zero-order valence-electron chi connectivity index (χ0n) is 16.7. The van der Waals surface area contributed by atoms with E-state index >= 15 is 0 Å². The Bertz CT molecular complexity index is 1240. The van der Waals surface area contributed by atoms with Crippen molar-refractivity contribution in [2.45, 2.75) is 40.1 Å². The van der Waals surface area contributed by atoms with Crippen LogP contribution in [0.1, 0.15) is 19.8 Å². The van der Waals surface area contributed by atoms with Crippen molar-refractivity contribution >= 4 is 19.7 Å². The first-order valence-electron chi connectivity index (χ1n) is 10.3. The monoisotopic (exact) mass is 440 g/mol. The second-order valence-electron chi connectivity index (χ2n) is 8.56. The van der Waals surface area contributed by atoms with E-state index in [1.165, 1.54) is 0 Å². The van der Waals surface area contributed by atoms with Crippen LogP contribution in [0.4, 0.5) is 0 Å². The first-order chi connectivity index (χ1) is 14.3. The topological polar surface area (TPSA) is 68.3 Å². The molecule has 0 N–H and O–H groups in total. The molecular weight excluding hydrogens is 416 g/mol. The summed E-state index contributed by atoms with van der Waals surface area (Å²) in [6, 6.07) is 16.6. The minimum Gasteiger partial charge on any atom is -0.223 e. The van der Waals surface area contributed by atoms with E-state index in [0.717, 1.165) is 18.4 Å². The van der Waals surface area contributed by atoms with Gasteiger partial charge in [0.15, 0.2) is 19.7 Å². The third-order valence-electron chi connectivity index (χ3n) is 7.18. The summed E-state index contributed by atoms with van der Waals surface area (Å²) in [5.41, 5.74) is 0.222. The molecule has 0 radical (unpaired) electrons. The molecule has 2 aromatic carbocycles. The van der Waals surface area contributed by atoms with E-state index in [2.05, 4.69) is 13.0 Å².